The van der Waals surface area contributed by atoms with Crippen LogP contribution in [0.2, 0.25) is 0 Å². The van der Waals surface area contributed by atoms with Crippen LogP contribution in [0.4, 0.5) is 11.5 Å². The van der Waals surface area contributed by atoms with Crippen LogP contribution in [-0.2, 0) is 0 Å². The number of ether oxygens (including phenoxy) is 1. The summed E-state index contributed by atoms with van der Waals surface area (Å²) < 4.78 is 6.09. The fraction of sp³-hybridized carbons (Fsp3) is 0.0769. The Labute approximate surface area is 133 Å². The van der Waals surface area contributed by atoms with Gasteiger partial charge in [0.2, 0.25) is 5.75 Å². The maximum absolute atomic E-state index is 11.1. The van der Waals surface area contributed by atoms with Gasteiger partial charge in [0, 0.05) is 25.4 Å². The molecule has 1 aromatic carbocycles. The van der Waals surface area contributed by atoms with Crippen molar-refractivity contribution in [3.63, 3.8) is 0 Å². The standard InChI is InChI=1S/C13H9IN4O3/c1-16-12-6-9(2-3-17-12)21-13-10(14)4-8(7-15)5-11(13)18(19)20/h2-6H,1H3,(H,16,17). The topological polar surface area (TPSA) is 101 Å². The first-order valence-electron chi connectivity index (χ1n) is 5.75. The van der Waals surface area contributed by atoms with Gasteiger partial charge in [-0.05, 0) is 34.7 Å². The lowest BCUT2D eigenvalue weighted by Crippen LogP contribution is -1.98. The second kappa shape index (κ2) is 6.36. The summed E-state index contributed by atoms with van der Waals surface area (Å²) in [4.78, 5) is 14.6. The summed E-state index contributed by atoms with van der Waals surface area (Å²) in [5.74, 6) is 1.10. The number of nitro benzene ring substituents is 1. The molecule has 1 aromatic heterocycles. The lowest BCUT2D eigenvalue weighted by Gasteiger charge is -2.09. The van der Waals surface area contributed by atoms with Gasteiger partial charge in [-0.1, -0.05) is 0 Å². The highest BCUT2D eigenvalue weighted by atomic mass is 127. The number of nitro groups is 1. The van der Waals surface area contributed by atoms with Crippen LogP contribution >= 0.6 is 22.6 Å². The molecule has 0 saturated heterocycles. The minimum absolute atomic E-state index is 0.104. The van der Waals surface area contributed by atoms with E-state index in [1.54, 1.807) is 19.2 Å². The molecule has 1 N–H and O–H groups in total. The second-order valence-electron chi connectivity index (χ2n) is 3.90. The van der Waals surface area contributed by atoms with Crippen LogP contribution in [0.1, 0.15) is 5.56 Å². The van der Waals surface area contributed by atoms with E-state index in [1.807, 2.05) is 28.7 Å². The van der Waals surface area contributed by atoms with Gasteiger partial charge in [0.25, 0.3) is 0 Å². The Morgan fingerprint density at radius 1 is 1.48 bits per heavy atom. The number of nitriles is 1. The number of nitrogens with zero attached hydrogens (tertiary/aromatic N) is 3. The fourth-order valence-corrected chi connectivity index (χ4v) is 2.33. The highest BCUT2D eigenvalue weighted by Crippen LogP contribution is 2.37. The first-order valence-corrected chi connectivity index (χ1v) is 6.82. The van der Waals surface area contributed by atoms with Crippen LogP contribution in [0.25, 0.3) is 0 Å². The van der Waals surface area contributed by atoms with Crippen molar-refractivity contribution in [1.29, 1.82) is 5.26 Å². The molecule has 0 bridgehead atoms. The summed E-state index contributed by atoms with van der Waals surface area (Å²) in [7, 11) is 1.71. The number of hydrogen-bond donors (Lipinski definition) is 1. The number of halogens is 1. The van der Waals surface area contributed by atoms with Crippen LogP contribution in [0.3, 0.4) is 0 Å². The summed E-state index contributed by atoms with van der Waals surface area (Å²) in [5.41, 5.74) is -0.0367. The van der Waals surface area contributed by atoms with Gasteiger partial charge in [-0.2, -0.15) is 5.26 Å². The molecule has 21 heavy (non-hydrogen) atoms. The molecular formula is C13H9IN4O3. The highest BCUT2D eigenvalue weighted by Gasteiger charge is 2.21. The Bertz CT molecular complexity index is 743. The first-order chi connectivity index (χ1) is 10.0. The molecule has 0 radical (unpaired) electrons. The highest BCUT2D eigenvalue weighted by molar-refractivity contribution is 14.1. The molecule has 0 amide bonds. The van der Waals surface area contributed by atoms with E-state index in [4.69, 9.17) is 10.00 Å². The van der Waals surface area contributed by atoms with Crippen LogP contribution < -0.4 is 10.1 Å². The Kier molecular flexibility index (Phi) is 4.54. The summed E-state index contributed by atoms with van der Waals surface area (Å²) in [6.07, 6.45) is 1.53. The van der Waals surface area contributed by atoms with Gasteiger partial charge in [-0.3, -0.25) is 10.1 Å². The molecular weight excluding hydrogens is 387 g/mol. The Hall–Kier alpha value is -2.41. The molecule has 0 aliphatic rings. The summed E-state index contributed by atoms with van der Waals surface area (Å²) in [6, 6.07) is 7.83. The van der Waals surface area contributed by atoms with E-state index in [2.05, 4.69) is 10.3 Å². The Morgan fingerprint density at radius 2 is 2.24 bits per heavy atom. The number of aromatic nitrogens is 1. The molecule has 7 nitrogen and oxygen atoms in total. The lowest BCUT2D eigenvalue weighted by molar-refractivity contribution is -0.385. The van der Waals surface area contributed by atoms with Gasteiger partial charge in [0.15, 0.2) is 0 Å². The predicted molar refractivity (Wildman–Crippen MR) is 84.4 cm³/mol. The Balaban J connectivity index is 2.48. The van der Waals surface area contributed by atoms with E-state index in [0.29, 0.717) is 15.1 Å². The van der Waals surface area contributed by atoms with Crippen molar-refractivity contribution in [3.8, 4) is 17.6 Å². The third kappa shape index (κ3) is 3.38. The van der Waals surface area contributed by atoms with E-state index in [1.165, 1.54) is 18.3 Å². The smallest absolute Gasteiger partial charge is 0.314 e. The zero-order valence-corrected chi connectivity index (χ0v) is 13.0. The average Bonchev–Trinajstić information content (AvgIpc) is 2.49. The van der Waals surface area contributed by atoms with Crippen LogP contribution in [0.15, 0.2) is 30.5 Å². The molecule has 0 spiro atoms. The number of pyridine rings is 1. The summed E-state index contributed by atoms with van der Waals surface area (Å²) in [5, 5.41) is 22.9. The molecule has 0 aliphatic heterocycles. The molecule has 2 aromatic rings. The second-order valence-corrected chi connectivity index (χ2v) is 5.07. The van der Waals surface area contributed by atoms with Gasteiger partial charge in [-0.25, -0.2) is 4.98 Å². The SMILES string of the molecule is CNc1cc(Oc2c(I)cc(C#N)cc2[N+](=O)[O-])ccn1. The van der Waals surface area contributed by atoms with Gasteiger partial charge < -0.3 is 10.1 Å². The molecule has 0 fully saturated rings. The lowest BCUT2D eigenvalue weighted by atomic mass is 10.2. The van der Waals surface area contributed by atoms with Crippen molar-refractivity contribution in [3.05, 3.63) is 49.7 Å². The van der Waals surface area contributed by atoms with Gasteiger partial charge in [-0.15, -0.1) is 0 Å². The predicted octanol–water partition coefficient (Wildman–Crippen LogP) is 3.30. The van der Waals surface area contributed by atoms with E-state index < -0.39 is 4.92 Å². The zero-order valence-electron chi connectivity index (χ0n) is 10.8. The molecule has 0 unspecified atom stereocenters. The largest absolute Gasteiger partial charge is 0.449 e. The number of benzene rings is 1. The van der Waals surface area contributed by atoms with Gasteiger partial charge in [0.1, 0.15) is 11.6 Å². The third-order valence-corrected chi connectivity index (χ3v) is 3.36. The van der Waals surface area contributed by atoms with E-state index in [0.717, 1.165) is 0 Å². The van der Waals surface area contributed by atoms with Crippen molar-refractivity contribution in [1.82, 2.24) is 4.98 Å². The van der Waals surface area contributed by atoms with Crippen LogP contribution in [0, 0.1) is 25.0 Å². The average molecular weight is 396 g/mol. The summed E-state index contributed by atoms with van der Waals surface area (Å²) in [6.45, 7) is 0. The minimum Gasteiger partial charge on any atom is -0.449 e. The molecule has 0 saturated carbocycles. The maximum Gasteiger partial charge on any atom is 0.314 e. The Morgan fingerprint density at radius 3 is 2.86 bits per heavy atom. The molecule has 1 heterocycles. The summed E-state index contributed by atoms with van der Waals surface area (Å²) >= 11 is 1.90. The van der Waals surface area contributed by atoms with Gasteiger partial charge in [0.05, 0.1) is 20.1 Å². The zero-order chi connectivity index (χ0) is 15.4. The number of nitrogens with one attached hydrogen (secondary N) is 1. The monoisotopic (exact) mass is 396 g/mol. The first kappa shape index (κ1) is 15.0. The molecule has 2 rings (SSSR count). The van der Waals surface area contributed by atoms with Crippen molar-refractivity contribution < 1.29 is 9.66 Å². The number of anilines is 1. The van der Waals surface area contributed by atoms with Crippen molar-refractivity contribution in [2.24, 2.45) is 0 Å². The maximum atomic E-state index is 11.1. The molecule has 106 valence electrons. The molecule has 0 aliphatic carbocycles. The van der Waals surface area contributed by atoms with Gasteiger partial charge >= 0.3 is 5.69 Å². The minimum atomic E-state index is -0.571. The third-order valence-electron chi connectivity index (χ3n) is 2.56. The normalized spacial score (nSPS) is 9.76. The quantitative estimate of drug-likeness (QED) is 0.484. The van der Waals surface area contributed by atoms with Crippen molar-refractivity contribution in [2.45, 2.75) is 0 Å². The number of hydrogen-bond acceptors (Lipinski definition) is 6. The molecule has 0 atom stereocenters. The van der Waals surface area contributed by atoms with Crippen LogP contribution in [0.5, 0.6) is 11.5 Å². The van der Waals surface area contributed by atoms with E-state index in [9.17, 15) is 10.1 Å². The fourth-order valence-electron chi connectivity index (χ4n) is 1.61. The number of rotatable bonds is 4. The van der Waals surface area contributed by atoms with Crippen molar-refractivity contribution in [2.75, 3.05) is 12.4 Å². The van der Waals surface area contributed by atoms with Crippen LogP contribution in [-0.4, -0.2) is 17.0 Å². The van der Waals surface area contributed by atoms with E-state index >= 15 is 0 Å². The van der Waals surface area contributed by atoms with E-state index in [-0.39, 0.29) is 17.0 Å². The van der Waals surface area contributed by atoms with Crippen molar-refractivity contribution >= 4 is 34.1 Å². The molecule has 8 heteroatoms.